The number of hydrogen-bond donors (Lipinski definition) is 1. The molecule has 2 rings (SSSR count). The van der Waals surface area contributed by atoms with Gasteiger partial charge in [-0.3, -0.25) is 9.67 Å². The second-order valence-electron chi connectivity index (χ2n) is 5.17. The SMILES string of the molecule is Cc1nn(C)c(C)c1CNC1=NCC(C(C)C)S1. The molecule has 0 amide bonds. The summed E-state index contributed by atoms with van der Waals surface area (Å²) in [6, 6.07) is 0. The summed E-state index contributed by atoms with van der Waals surface area (Å²) in [6.45, 7) is 10.4. The van der Waals surface area contributed by atoms with Crippen molar-refractivity contribution >= 4 is 16.9 Å². The van der Waals surface area contributed by atoms with E-state index in [0.717, 1.165) is 24.0 Å². The van der Waals surface area contributed by atoms with Crippen LogP contribution in [0, 0.1) is 19.8 Å². The summed E-state index contributed by atoms with van der Waals surface area (Å²) in [5, 5.41) is 9.57. The third-order valence-electron chi connectivity index (χ3n) is 3.50. The number of amidine groups is 1. The van der Waals surface area contributed by atoms with E-state index in [-0.39, 0.29) is 0 Å². The fraction of sp³-hybridized carbons (Fsp3) is 0.692. The Bertz CT molecular complexity index is 462. The lowest BCUT2D eigenvalue weighted by molar-refractivity contribution is 0.621. The van der Waals surface area contributed by atoms with Crippen LogP contribution < -0.4 is 5.32 Å². The first-order valence-corrected chi connectivity index (χ1v) is 7.31. The molecular weight excluding hydrogens is 244 g/mol. The summed E-state index contributed by atoms with van der Waals surface area (Å²) in [6.07, 6.45) is 0. The molecule has 1 aromatic heterocycles. The molecule has 1 aliphatic rings. The molecule has 0 saturated heterocycles. The van der Waals surface area contributed by atoms with Crippen LogP contribution in [0.2, 0.25) is 0 Å². The summed E-state index contributed by atoms with van der Waals surface area (Å²) >= 11 is 1.87. The van der Waals surface area contributed by atoms with Gasteiger partial charge in [0.1, 0.15) is 0 Å². The molecule has 1 aliphatic heterocycles. The molecule has 0 spiro atoms. The fourth-order valence-electron chi connectivity index (χ4n) is 2.07. The van der Waals surface area contributed by atoms with Gasteiger partial charge < -0.3 is 5.32 Å². The third-order valence-corrected chi connectivity index (χ3v) is 4.99. The second kappa shape index (κ2) is 5.34. The molecule has 0 bridgehead atoms. The molecule has 18 heavy (non-hydrogen) atoms. The highest BCUT2D eigenvalue weighted by Crippen LogP contribution is 2.26. The van der Waals surface area contributed by atoms with Crippen LogP contribution in [0.1, 0.15) is 30.8 Å². The van der Waals surface area contributed by atoms with Crippen molar-refractivity contribution in [2.75, 3.05) is 6.54 Å². The zero-order chi connectivity index (χ0) is 13.3. The molecular formula is C13H22N4S. The molecule has 1 N–H and O–H groups in total. The highest BCUT2D eigenvalue weighted by Gasteiger charge is 2.22. The van der Waals surface area contributed by atoms with E-state index < -0.39 is 0 Å². The average Bonchev–Trinajstić information content (AvgIpc) is 2.85. The number of aliphatic imine (C=N–C) groups is 1. The van der Waals surface area contributed by atoms with Crippen LogP contribution in [-0.4, -0.2) is 26.7 Å². The van der Waals surface area contributed by atoms with Gasteiger partial charge in [0.2, 0.25) is 0 Å². The molecule has 1 atom stereocenters. The highest BCUT2D eigenvalue weighted by molar-refractivity contribution is 8.14. The van der Waals surface area contributed by atoms with Gasteiger partial charge in [-0.25, -0.2) is 0 Å². The molecule has 0 fully saturated rings. The van der Waals surface area contributed by atoms with E-state index in [1.54, 1.807) is 0 Å². The van der Waals surface area contributed by atoms with Crippen LogP contribution in [0.15, 0.2) is 4.99 Å². The van der Waals surface area contributed by atoms with Gasteiger partial charge in [0.15, 0.2) is 5.17 Å². The number of thioether (sulfide) groups is 1. The molecule has 5 heteroatoms. The molecule has 100 valence electrons. The van der Waals surface area contributed by atoms with Gasteiger partial charge in [-0.15, -0.1) is 0 Å². The quantitative estimate of drug-likeness (QED) is 0.912. The Balaban J connectivity index is 1.93. The molecule has 1 unspecified atom stereocenters. The zero-order valence-electron chi connectivity index (χ0n) is 11.8. The molecule has 4 nitrogen and oxygen atoms in total. The Labute approximate surface area is 113 Å². The summed E-state index contributed by atoms with van der Waals surface area (Å²) in [5.74, 6) is 0.680. The molecule has 0 radical (unpaired) electrons. The van der Waals surface area contributed by atoms with Crippen LogP contribution in [0.3, 0.4) is 0 Å². The minimum absolute atomic E-state index is 0.628. The van der Waals surface area contributed by atoms with Crippen molar-refractivity contribution in [3.8, 4) is 0 Å². The van der Waals surface area contributed by atoms with E-state index in [1.165, 1.54) is 11.3 Å². The van der Waals surface area contributed by atoms with Crippen molar-refractivity contribution in [2.24, 2.45) is 18.0 Å². The van der Waals surface area contributed by atoms with Crippen LogP contribution in [0.25, 0.3) is 0 Å². The molecule has 1 aromatic rings. The molecule has 0 aromatic carbocycles. The van der Waals surface area contributed by atoms with Crippen molar-refractivity contribution in [3.63, 3.8) is 0 Å². The van der Waals surface area contributed by atoms with E-state index in [9.17, 15) is 0 Å². The van der Waals surface area contributed by atoms with Gasteiger partial charge >= 0.3 is 0 Å². The van der Waals surface area contributed by atoms with E-state index >= 15 is 0 Å². The summed E-state index contributed by atoms with van der Waals surface area (Å²) in [7, 11) is 1.99. The zero-order valence-corrected chi connectivity index (χ0v) is 12.6. The highest BCUT2D eigenvalue weighted by atomic mass is 32.2. The van der Waals surface area contributed by atoms with E-state index in [1.807, 2.05) is 23.5 Å². The van der Waals surface area contributed by atoms with E-state index in [2.05, 4.69) is 43.1 Å². The minimum atomic E-state index is 0.628. The van der Waals surface area contributed by atoms with Gasteiger partial charge in [-0.1, -0.05) is 25.6 Å². The lowest BCUT2D eigenvalue weighted by Crippen LogP contribution is -2.20. The first kappa shape index (κ1) is 13.5. The van der Waals surface area contributed by atoms with Gasteiger partial charge in [0.25, 0.3) is 0 Å². The van der Waals surface area contributed by atoms with Crippen LogP contribution in [0.5, 0.6) is 0 Å². The maximum atomic E-state index is 4.56. The van der Waals surface area contributed by atoms with Gasteiger partial charge in [0, 0.05) is 30.1 Å². The largest absolute Gasteiger partial charge is 0.361 e. The Morgan fingerprint density at radius 2 is 2.17 bits per heavy atom. The van der Waals surface area contributed by atoms with E-state index in [0.29, 0.717) is 11.2 Å². The normalized spacial score (nSPS) is 19.4. The maximum absolute atomic E-state index is 4.56. The summed E-state index contributed by atoms with van der Waals surface area (Å²) in [4.78, 5) is 4.56. The summed E-state index contributed by atoms with van der Waals surface area (Å²) < 4.78 is 1.94. The Kier molecular flexibility index (Phi) is 4.00. The number of nitrogens with one attached hydrogen (secondary N) is 1. The number of aromatic nitrogens is 2. The fourth-order valence-corrected chi connectivity index (χ4v) is 3.09. The standard InChI is InChI=1S/C13H22N4S/c1-8(2)12-7-15-13(18-12)14-6-11-9(3)16-17(5)10(11)4/h8,12H,6-7H2,1-5H3,(H,14,15). The average molecular weight is 266 g/mol. The predicted molar refractivity (Wildman–Crippen MR) is 78.0 cm³/mol. The van der Waals surface area contributed by atoms with Gasteiger partial charge in [0.05, 0.1) is 12.2 Å². The van der Waals surface area contributed by atoms with Crippen molar-refractivity contribution in [2.45, 2.75) is 39.5 Å². The molecule has 2 heterocycles. The minimum Gasteiger partial charge on any atom is -0.361 e. The third kappa shape index (κ3) is 2.71. The van der Waals surface area contributed by atoms with Crippen molar-refractivity contribution in [1.82, 2.24) is 15.1 Å². The Morgan fingerprint density at radius 3 is 2.67 bits per heavy atom. The Morgan fingerprint density at radius 1 is 1.44 bits per heavy atom. The van der Waals surface area contributed by atoms with Crippen LogP contribution in [-0.2, 0) is 13.6 Å². The second-order valence-corrected chi connectivity index (χ2v) is 6.40. The number of hydrogen-bond acceptors (Lipinski definition) is 4. The number of nitrogens with zero attached hydrogens (tertiary/aromatic N) is 3. The first-order chi connectivity index (χ1) is 8.49. The van der Waals surface area contributed by atoms with Crippen molar-refractivity contribution in [1.29, 1.82) is 0 Å². The Hall–Kier alpha value is -0.970. The monoisotopic (exact) mass is 266 g/mol. The predicted octanol–water partition coefficient (Wildman–Crippen LogP) is 2.25. The van der Waals surface area contributed by atoms with Crippen LogP contribution in [0.4, 0.5) is 0 Å². The lowest BCUT2D eigenvalue weighted by atomic mass is 10.1. The smallest absolute Gasteiger partial charge is 0.157 e. The van der Waals surface area contributed by atoms with Crippen molar-refractivity contribution in [3.05, 3.63) is 17.0 Å². The van der Waals surface area contributed by atoms with Gasteiger partial charge in [-0.05, 0) is 19.8 Å². The van der Waals surface area contributed by atoms with Gasteiger partial charge in [-0.2, -0.15) is 5.10 Å². The lowest BCUT2D eigenvalue weighted by Gasteiger charge is -2.12. The van der Waals surface area contributed by atoms with Crippen molar-refractivity contribution < 1.29 is 0 Å². The molecule has 0 aliphatic carbocycles. The maximum Gasteiger partial charge on any atom is 0.157 e. The van der Waals surface area contributed by atoms with E-state index in [4.69, 9.17) is 0 Å². The first-order valence-electron chi connectivity index (χ1n) is 6.43. The number of rotatable bonds is 3. The topological polar surface area (TPSA) is 42.2 Å². The summed E-state index contributed by atoms with van der Waals surface area (Å²) in [5.41, 5.74) is 3.62. The van der Waals surface area contributed by atoms with Crippen LogP contribution >= 0.6 is 11.8 Å². The number of aryl methyl sites for hydroxylation is 2. The molecule has 0 saturated carbocycles.